The molecule has 0 unspecified atom stereocenters. The van der Waals surface area contributed by atoms with Gasteiger partial charge in [0.15, 0.2) is 0 Å². The zero-order valence-electron chi connectivity index (χ0n) is 12.4. The van der Waals surface area contributed by atoms with Crippen LogP contribution in [0.2, 0.25) is 0 Å². The summed E-state index contributed by atoms with van der Waals surface area (Å²) in [6, 6.07) is 20.3. The Morgan fingerprint density at radius 2 is 1.70 bits per heavy atom. The SMILES string of the molecule is c1ccc(-c2cn(Cc3ccc(-n4cccn4)cc3)nn2)cc1. The van der Waals surface area contributed by atoms with Crippen molar-refractivity contribution >= 4 is 0 Å². The summed E-state index contributed by atoms with van der Waals surface area (Å²) >= 11 is 0. The molecule has 0 saturated heterocycles. The molecule has 5 nitrogen and oxygen atoms in total. The Balaban J connectivity index is 1.51. The molecule has 0 N–H and O–H groups in total. The van der Waals surface area contributed by atoms with Crippen molar-refractivity contribution in [3.63, 3.8) is 0 Å². The highest BCUT2D eigenvalue weighted by atomic mass is 15.4. The van der Waals surface area contributed by atoms with E-state index in [2.05, 4.69) is 39.7 Å². The van der Waals surface area contributed by atoms with Crippen molar-refractivity contribution in [1.82, 2.24) is 24.8 Å². The second-order valence-corrected chi connectivity index (χ2v) is 5.28. The lowest BCUT2D eigenvalue weighted by atomic mass is 10.2. The molecule has 2 aromatic carbocycles. The van der Waals surface area contributed by atoms with Gasteiger partial charge in [-0.15, -0.1) is 5.10 Å². The predicted octanol–water partition coefficient (Wildman–Crippen LogP) is 3.18. The first-order valence-corrected chi connectivity index (χ1v) is 7.43. The maximum absolute atomic E-state index is 4.24. The normalized spacial score (nSPS) is 10.8. The Kier molecular flexibility index (Phi) is 3.44. The molecule has 2 heterocycles. The van der Waals surface area contributed by atoms with Crippen LogP contribution in [0.4, 0.5) is 0 Å². The van der Waals surface area contributed by atoms with Crippen LogP contribution in [0.15, 0.2) is 79.3 Å². The third kappa shape index (κ3) is 2.89. The first-order valence-electron chi connectivity index (χ1n) is 7.43. The summed E-state index contributed by atoms with van der Waals surface area (Å²) in [5.74, 6) is 0. The lowest BCUT2D eigenvalue weighted by molar-refractivity contribution is 0.649. The molecule has 0 aliphatic rings. The lowest BCUT2D eigenvalue weighted by Gasteiger charge is -2.04. The Bertz CT molecular complexity index is 877. The molecule has 0 aliphatic heterocycles. The molecule has 0 amide bonds. The van der Waals surface area contributed by atoms with Gasteiger partial charge in [-0.2, -0.15) is 5.10 Å². The van der Waals surface area contributed by atoms with Crippen LogP contribution in [0.5, 0.6) is 0 Å². The van der Waals surface area contributed by atoms with Crippen molar-refractivity contribution in [2.45, 2.75) is 6.54 Å². The van der Waals surface area contributed by atoms with Crippen molar-refractivity contribution in [2.75, 3.05) is 0 Å². The Labute approximate surface area is 133 Å². The number of aromatic nitrogens is 5. The van der Waals surface area contributed by atoms with Crippen LogP contribution in [0.1, 0.15) is 5.56 Å². The minimum absolute atomic E-state index is 0.694. The van der Waals surface area contributed by atoms with E-state index in [1.165, 1.54) is 5.56 Å². The molecular weight excluding hydrogens is 286 g/mol. The van der Waals surface area contributed by atoms with Gasteiger partial charge in [0.2, 0.25) is 0 Å². The molecule has 0 spiro atoms. The average Bonchev–Trinajstić information content (AvgIpc) is 3.28. The smallest absolute Gasteiger partial charge is 0.113 e. The highest BCUT2D eigenvalue weighted by Crippen LogP contribution is 2.16. The van der Waals surface area contributed by atoms with Crippen LogP contribution in [0.3, 0.4) is 0 Å². The van der Waals surface area contributed by atoms with Crippen LogP contribution < -0.4 is 0 Å². The largest absolute Gasteiger partial charge is 0.247 e. The molecule has 5 heteroatoms. The summed E-state index contributed by atoms with van der Waals surface area (Å²) in [6.07, 6.45) is 5.67. The Hall–Kier alpha value is -3.21. The number of hydrogen-bond acceptors (Lipinski definition) is 3. The van der Waals surface area contributed by atoms with Crippen molar-refractivity contribution in [2.24, 2.45) is 0 Å². The minimum atomic E-state index is 0.694. The van der Waals surface area contributed by atoms with E-state index in [0.29, 0.717) is 6.54 Å². The van der Waals surface area contributed by atoms with Crippen LogP contribution in [-0.4, -0.2) is 24.8 Å². The second kappa shape index (κ2) is 5.88. The molecular formula is C18H15N5. The predicted molar refractivity (Wildman–Crippen MR) is 88.1 cm³/mol. The van der Waals surface area contributed by atoms with E-state index in [9.17, 15) is 0 Å². The van der Waals surface area contributed by atoms with E-state index in [1.807, 2.05) is 58.2 Å². The Morgan fingerprint density at radius 1 is 0.870 bits per heavy atom. The van der Waals surface area contributed by atoms with Crippen LogP contribution in [-0.2, 0) is 6.54 Å². The van der Waals surface area contributed by atoms with Gasteiger partial charge in [0.05, 0.1) is 18.4 Å². The number of benzene rings is 2. The first kappa shape index (κ1) is 13.5. The molecule has 0 fully saturated rings. The molecule has 0 bridgehead atoms. The lowest BCUT2D eigenvalue weighted by Crippen LogP contribution is -2.01. The van der Waals surface area contributed by atoms with Crippen molar-refractivity contribution in [1.29, 1.82) is 0 Å². The summed E-state index contributed by atoms with van der Waals surface area (Å²) in [5, 5.41) is 12.7. The van der Waals surface area contributed by atoms with E-state index in [-0.39, 0.29) is 0 Å². The summed E-state index contributed by atoms with van der Waals surface area (Å²) in [7, 11) is 0. The first-order chi connectivity index (χ1) is 11.4. The maximum atomic E-state index is 4.24. The van der Waals surface area contributed by atoms with Gasteiger partial charge in [-0.1, -0.05) is 47.7 Å². The molecule has 0 saturated carbocycles. The number of nitrogens with zero attached hydrogens (tertiary/aromatic N) is 5. The van der Waals surface area contributed by atoms with Gasteiger partial charge in [-0.25, -0.2) is 9.36 Å². The van der Waals surface area contributed by atoms with Gasteiger partial charge in [0.25, 0.3) is 0 Å². The van der Waals surface area contributed by atoms with Gasteiger partial charge < -0.3 is 0 Å². The van der Waals surface area contributed by atoms with Crippen molar-refractivity contribution < 1.29 is 0 Å². The van der Waals surface area contributed by atoms with Gasteiger partial charge in [0, 0.05) is 18.0 Å². The quantitative estimate of drug-likeness (QED) is 0.581. The third-order valence-corrected chi connectivity index (χ3v) is 3.66. The van der Waals surface area contributed by atoms with Gasteiger partial charge in [0.1, 0.15) is 5.69 Å². The molecule has 112 valence electrons. The number of hydrogen-bond donors (Lipinski definition) is 0. The maximum Gasteiger partial charge on any atom is 0.113 e. The fraction of sp³-hybridized carbons (Fsp3) is 0.0556. The van der Waals surface area contributed by atoms with E-state index >= 15 is 0 Å². The van der Waals surface area contributed by atoms with Gasteiger partial charge >= 0.3 is 0 Å². The zero-order chi connectivity index (χ0) is 15.5. The summed E-state index contributed by atoms with van der Waals surface area (Å²) in [6.45, 7) is 0.694. The summed E-state index contributed by atoms with van der Waals surface area (Å²) in [5.41, 5.74) is 4.18. The fourth-order valence-corrected chi connectivity index (χ4v) is 2.48. The monoisotopic (exact) mass is 301 g/mol. The highest BCUT2D eigenvalue weighted by molar-refractivity contribution is 5.57. The molecule has 0 aliphatic carbocycles. The molecule has 0 atom stereocenters. The van der Waals surface area contributed by atoms with Gasteiger partial charge in [-0.05, 0) is 23.8 Å². The molecule has 4 aromatic rings. The molecule has 2 aromatic heterocycles. The zero-order valence-corrected chi connectivity index (χ0v) is 12.4. The highest BCUT2D eigenvalue weighted by Gasteiger charge is 2.04. The molecule has 0 radical (unpaired) electrons. The van der Waals surface area contributed by atoms with Crippen LogP contribution >= 0.6 is 0 Å². The van der Waals surface area contributed by atoms with E-state index < -0.39 is 0 Å². The van der Waals surface area contributed by atoms with Gasteiger partial charge in [-0.3, -0.25) is 0 Å². The number of rotatable bonds is 4. The van der Waals surface area contributed by atoms with E-state index in [1.54, 1.807) is 6.20 Å². The third-order valence-electron chi connectivity index (χ3n) is 3.66. The average molecular weight is 301 g/mol. The summed E-state index contributed by atoms with van der Waals surface area (Å²) in [4.78, 5) is 0. The topological polar surface area (TPSA) is 48.5 Å². The summed E-state index contributed by atoms with van der Waals surface area (Å²) < 4.78 is 3.69. The van der Waals surface area contributed by atoms with Crippen LogP contribution in [0, 0.1) is 0 Å². The van der Waals surface area contributed by atoms with E-state index in [4.69, 9.17) is 0 Å². The standard InChI is InChI=1S/C18H15N5/c1-2-5-16(6-3-1)18-14-22(21-20-18)13-15-7-9-17(10-8-15)23-12-4-11-19-23/h1-12,14H,13H2. The molecule has 4 rings (SSSR count). The van der Waals surface area contributed by atoms with Crippen molar-refractivity contribution in [3.05, 3.63) is 84.8 Å². The molecule has 23 heavy (non-hydrogen) atoms. The second-order valence-electron chi connectivity index (χ2n) is 5.28. The minimum Gasteiger partial charge on any atom is -0.247 e. The van der Waals surface area contributed by atoms with E-state index in [0.717, 1.165) is 16.9 Å². The fourth-order valence-electron chi connectivity index (χ4n) is 2.48. The Morgan fingerprint density at radius 3 is 2.43 bits per heavy atom. The van der Waals surface area contributed by atoms with Crippen molar-refractivity contribution in [3.8, 4) is 16.9 Å². The van der Waals surface area contributed by atoms with Crippen LogP contribution in [0.25, 0.3) is 16.9 Å².